The highest BCUT2D eigenvalue weighted by molar-refractivity contribution is 9.10. The van der Waals surface area contributed by atoms with Gasteiger partial charge in [-0.25, -0.2) is 0 Å². The summed E-state index contributed by atoms with van der Waals surface area (Å²) in [5.41, 5.74) is 6.84. The number of hydrogen-bond donors (Lipinski definition) is 1. The molecule has 108 valence electrons. The Morgan fingerprint density at radius 1 is 1.40 bits per heavy atom. The number of rotatable bonds is 2. The predicted molar refractivity (Wildman–Crippen MR) is 81.3 cm³/mol. The maximum Gasteiger partial charge on any atom is 0.254 e. The summed E-state index contributed by atoms with van der Waals surface area (Å²) in [4.78, 5) is 27.8. The lowest BCUT2D eigenvalue weighted by molar-refractivity contribution is -0.132. The minimum Gasteiger partial charge on any atom is -0.398 e. The van der Waals surface area contributed by atoms with Crippen molar-refractivity contribution in [1.82, 2.24) is 9.80 Å². The number of nitrogen functional groups attached to an aromatic ring is 1. The molecule has 0 radical (unpaired) electrons. The summed E-state index contributed by atoms with van der Waals surface area (Å²) in [6, 6.07) is 4.75. The fourth-order valence-corrected chi connectivity index (χ4v) is 2.65. The van der Waals surface area contributed by atoms with Gasteiger partial charge < -0.3 is 15.5 Å². The van der Waals surface area contributed by atoms with Gasteiger partial charge in [-0.3, -0.25) is 9.59 Å². The molecular weight excluding hydrogens is 322 g/mol. The highest BCUT2D eigenvalue weighted by atomic mass is 79.9. The van der Waals surface area contributed by atoms with Gasteiger partial charge in [0.2, 0.25) is 5.91 Å². The highest BCUT2D eigenvalue weighted by Gasteiger charge is 2.35. The number of carbonyl (C=O) groups excluding carboxylic acids is 2. The second kappa shape index (κ2) is 5.83. The number of carbonyl (C=O) groups is 2. The molecule has 1 atom stereocenters. The van der Waals surface area contributed by atoms with E-state index in [4.69, 9.17) is 5.73 Å². The average Bonchev–Trinajstić information content (AvgIpc) is 2.89. The first-order valence-electron chi connectivity index (χ1n) is 6.49. The van der Waals surface area contributed by atoms with Crippen molar-refractivity contribution in [2.45, 2.75) is 18.9 Å². The number of nitrogens with zero attached hydrogens (tertiary/aromatic N) is 2. The van der Waals surface area contributed by atoms with Crippen LogP contribution < -0.4 is 5.73 Å². The minimum atomic E-state index is -0.359. The Hall–Kier alpha value is -1.56. The first kappa shape index (κ1) is 14.8. The van der Waals surface area contributed by atoms with Gasteiger partial charge >= 0.3 is 0 Å². The van der Waals surface area contributed by atoms with E-state index in [-0.39, 0.29) is 17.9 Å². The summed E-state index contributed by atoms with van der Waals surface area (Å²) >= 11 is 3.31. The van der Waals surface area contributed by atoms with Crippen molar-refractivity contribution in [2.75, 3.05) is 26.4 Å². The monoisotopic (exact) mass is 339 g/mol. The molecule has 0 spiro atoms. The van der Waals surface area contributed by atoms with Gasteiger partial charge in [0.15, 0.2) is 0 Å². The van der Waals surface area contributed by atoms with Crippen molar-refractivity contribution in [3.05, 3.63) is 28.2 Å². The van der Waals surface area contributed by atoms with E-state index in [2.05, 4.69) is 15.9 Å². The molecule has 1 aromatic carbocycles. The lowest BCUT2D eigenvalue weighted by atomic mass is 10.1. The number of anilines is 1. The second-order valence-corrected chi connectivity index (χ2v) is 5.98. The number of likely N-dealkylation sites (tertiary alicyclic amines) is 1. The first-order chi connectivity index (χ1) is 9.41. The zero-order valence-corrected chi connectivity index (χ0v) is 13.2. The highest BCUT2D eigenvalue weighted by Crippen LogP contribution is 2.25. The van der Waals surface area contributed by atoms with E-state index in [1.54, 1.807) is 37.2 Å². The summed E-state index contributed by atoms with van der Waals surface area (Å²) in [5, 5.41) is 0. The number of benzene rings is 1. The Balaban J connectivity index is 2.23. The predicted octanol–water partition coefficient (Wildman–Crippen LogP) is 1.72. The van der Waals surface area contributed by atoms with Crippen LogP contribution in [0.2, 0.25) is 0 Å². The van der Waals surface area contributed by atoms with Gasteiger partial charge in [0, 0.05) is 36.4 Å². The van der Waals surface area contributed by atoms with Crippen LogP contribution in [0.4, 0.5) is 5.69 Å². The Morgan fingerprint density at radius 3 is 2.70 bits per heavy atom. The maximum absolute atomic E-state index is 12.5. The third-order valence-corrected chi connectivity index (χ3v) is 4.20. The molecule has 2 amide bonds. The molecule has 1 aromatic rings. The molecule has 20 heavy (non-hydrogen) atoms. The number of likely N-dealkylation sites (N-methyl/N-ethyl adjacent to an activating group) is 1. The van der Waals surface area contributed by atoms with Crippen molar-refractivity contribution >= 4 is 33.4 Å². The zero-order chi connectivity index (χ0) is 14.9. The summed E-state index contributed by atoms with van der Waals surface area (Å²) in [6.45, 7) is 0.610. The standard InChI is InChI=1S/C14H18BrN3O2/c1-17(2)14(20)12-4-3-7-18(12)13(19)9-5-6-10(15)11(16)8-9/h5-6,8,12H,3-4,7,16H2,1-2H3. The van der Waals surface area contributed by atoms with E-state index in [1.807, 2.05) is 0 Å². The van der Waals surface area contributed by atoms with Crippen molar-refractivity contribution in [3.8, 4) is 0 Å². The summed E-state index contributed by atoms with van der Waals surface area (Å²) in [5.74, 6) is -0.164. The molecule has 0 aliphatic carbocycles. The average molecular weight is 340 g/mol. The van der Waals surface area contributed by atoms with Crippen molar-refractivity contribution < 1.29 is 9.59 Å². The van der Waals surface area contributed by atoms with Gasteiger partial charge in [-0.15, -0.1) is 0 Å². The molecule has 6 heteroatoms. The molecule has 2 N–H and O–H groups in total. The fourth-order valence-electron chi connectivity index (χ4n) is 2.41. The molecule has 1 unspecified atom stereocenters. The van der Waals surface area contributed by atoms with Gasteiger partial charge in [0.05, 0.1) is 0 Å². The molecular formula is C14H18BrN3O2. The van der Waals surface area contributed by atoms with E-state index in [0.717, 1.165) is 17.3 Å². The van der Waals surface area contributed by atoms with Crippen LogP contribution in [0.1, 0.15) is 23.2 Å². The molecule has 1 heterocycles. The number of hydrogen-bond acceptors (Lipinski definition) is 3. The molecule has 0 bridgehead atoms. The third-order valence-electron chi connectivity index (χ3n) is 3.48. The van der Waals surface area contributed by atoms with E-state index in [1.165, 1.54) is 4.90 Å². The van der Waals surface area contributed by atoms with E-state index >= 15 is 0 Å². The largest absolute Gasteiger partial charge is 0.398 e. The lowest BCUT2D eigenvalue weighted by Gasteiger charge is -2.26. The fraction of sp³-hybridized carbons (Fsp3) is 0.429. The van der Waals surface area contributed by atoms with Gasteiger partial charge in [0.25, 0.3) is 5.91 Å². The quantitative estimate of drug-likeness (QED) is 0.834. The molecule has 0 saturated carbocycles. The van der Waals surface area contributed by atoms with E-state index < -0.39 is 0 Å². The first-order valence-corrected chi connectivity index (χ1v) is 7.28. The summed E-state index contributed by atoms with van der Waals surface area (Å²) in [6.07, 6.45) is 1.57. The van der Waals surface area contributed by atoms with Crippen molar-refractivity contribution in [3.63, 3.8) is 0 Å². The third kappa shape index (κ3) is 2.80. The second-order valence-electron chi connectivity index (χ2n) is 5.13. The molecule has 1 saturated heterocycles. The zero-order valence-electron chi connectivity index (χ0n) is 11.6. The number of nitrogens with two attached hydrogens (primary N) is 1. The van der Waals surface area contributed by atoms with Crippen LogP contribution in [0, 0.1) is 0 Å². The van der Waals surface area contributed by atoms with Gasteiger partial charge in [0.1, 0.15) is 6.04 Å². The Morgan fingerprint density at radius 2 is 2.10 bits per heavy atom. The van der Waals surface area contributed by atoms with E-state index in [9.17, 15) is 9.59 Å². The Labute approximate surface area is 126 Å². The van der Waals surface area contributed by atoms with Gasteiger partial charge in [-0.1, -0.05) is 0 Å². The normalized spacial score (nSPS) is 18.1. The van der Waals surface area contributed by atoms with Crippen LogP contribution in [0.3, 0.4) is 0 Å². The van der Waals surface area contributed by atoms with Gasteiger partial charge in [-0.2, -0.15) is 0 Å². The maximum atomic E-state index is 12.5. The van der Waals surface area contributed by atoms with Gasteiger partial charge in [-0.05, 0) is 47.0 Å². The molecule has 5 nitrogen and oxygen atoms in total. The van der Waals surface area contributed by atoms with Crippen LogP contribution in [-0.4, -0.2) is 48.3 Å². The number of halogens is 1. The minimum absolute atomic E-state index is 0.0269. The molecule has 2 rings (SSSR count). The van der Waals surface area contributed by atoms with Crippen LogP contribution in [0.15, 0.2) is 22.7 Å². The summed E-state index contributed by atoms with van der Waals surface area (Å²) < 4.78 is 0.761. The molecule has 1 fully saturated rings. The lowest BCUT2D eigenvalue weighted by Crippen LogP contribution is -2.45. The van der Waals surface area contributed by atoms with Crippen LogP contribution >= 0.6 is 15.9 Å². The molecule has 0 aromatic heterocycles. The van der Waals surface area contributed by atoms with Crippen LogP contribution in [-0.2, 0) is 4.79 Å². The summed E-state index contributed by atoms with van der Waals surface area (Å²) in [7, 11) is 3.42. The van der Waals surface area contributed by atoms with E-state index in [0.29, 0.717) is 17.8 Å². The SMILES string of the molecule is CN(C)C(=O)C1CCCN1C(=O)c1ccc(Br)c(N)c1. The van der Waals surface area contributed by atoms with Crippen LogP contribution in [0.25, 0.3) is 0 Å². The van der Waals surface area contributed by atoms with Crippen molar-refractivity contribution in [1.29, 1.82) is 0 Å². The Bertz CT molecular complexity index is 545. The molecule has 1 aliphatic heterocycles. The van der Waals surface area contributed by atoms with Crippen molar-refractivity contribution in [2.24, 2.45) is 0 Å². The number of amides is 2. The smallest absolute Gasteiger partial charge is 0.254 e. The van der Waals surface area contributed by atoms with Crippen LogP contribution in [0.5, 0.6) is 0 Å². The Kier molecular flexibility index (Phi) is 4.32. The molecule has 1 aliphatic rings. The topological polar surface area (TPSA) is 66.6 Å².